The van der Waals surface area contributed by atoms with Gasteiger partial charge in [0.25, 0.3) is 0 Å². The lowest BCUT2D eigenvalue weighted by molar-refractivity contribution is -0.136. The highest BCUT2D eigenvalue weighted by Gasteiger charge is 2.34. The van der Waals surface area contributed by atoms with E-state index in [0.717, 1.165) is 25.3 Å². The zero-order valence-electron chi connectivity index (χ0n) is 13.7. The Morgan fingerprint density at radius 1 is 1.33 bits per heavy atom. The van der Waals surface area contributed by atoms with E-state index in [1.807, 2.05) is 13.8 Å². The molecule has 1 saturated carbocycles. The molecule has 1 fully saturated rings. The lowest BCUT2D eigenvalue weighted by Gasteiger charge is -2.17. The summed E-state index contributed by atoms with van der Waals surface area (Å²) in [6, 6.07) is 2.81. The molecule has 1 aromatic heterocycles. The van der Waals surface area contributed by atoms with Crippen LogP contribution in [0.4, 0.5) is 13.2 Å². The number of imidazole rings is 1. The van der Waals surface area contributed by atoms with Crippen molar-refractivity contribution < 1.29 is 18.3 Å². The van der Waals surface area contributed by atoms with E-state index >= 15 is 0 Å². The van der Waals surface area contributed by atoms with Gasteiger partial charge in [-0.15, -0.1) is 0 Å². The molecule has 0 spiro atoms. The van der Waals surface area contributed by atoms with Crippen LogP contribution in [0.2, 0.25) is 0 Å². The van der Waals surface area contributed by atoms with Crippen LogP contribution in [0, 0.1) is 0 Å². The van der Waals surface area contributed by atoms with Crippen LogP contribution in [-0.2, 0) is 12.7 Å². The number of fused-ring (bicyclic) bond motifs is 1. The van der Waals surface area contributed by atoms with Gasteiger partial charge in [-0.1, -0.05) is 13.8 Å². The van der Waals surface area contributed by atoms with Crippen molar-refractivity contribution in [3.8, 4) is 0 Å². The van der Waals surface area contributed by atoms with Crippen molar-refractivity contribution in [1.29, 1.82) is 0 Å². The number of benzene rings is 1. The van der Waals surface area contributed by atoms with Crippen molar-refractivity contribution in [3.63, 3.8) is 0 Å². The van der Waals surface area contributed by atoms with E-state index in [2.05, 4.69) is 15.3 Å². The zero-order valence-corrected chi connectivity index (χ0v) is 13.7. The van der Waals surface area contributed by atoms with E-state index in [1.54, 1.807) is 6.07 Å². The van der Waals surface area contributed by atoms with E-state index in [0.29, 0.717) is 16.9 Å². The molecular formula is C17H22F3N3O. The maximum Gasteiger partial charge on any atom is 0.418 e. The Bertz CT molecular complexity index is 724. The first-order valence-electron chi connectivity index (χ1n) is 8.27. The first kappa shape index (κ1) is 17.2. The minimum absolute atomic E-state index is 0.0219. The van der Waals surface area contributed by atoms with Gasteiger partial charge in [0.05, 0.1) is 17.2 Å². The van der Waals surface area contributed by atoms with Gasteiger partial charge in [-0.05, 0) is 37.0 Å². The topological polar surface area (TPSA) is 60.9 Å². The third kappa shape index (κ3) is 3.42. The SMILES string of the molecule is CC(C)c1nc2c(C(F)(F)F)cc(CN[C@H]3CCC[C@@H]3O)cc2[nH]1. The number of hydrogen-bond acceptors (Lipinski definition) is 3. The summed E-state index contributed by atoms with van der Waals surface area (Å²) in [5.74, 6) is 0.570. The van der Waals surface area contributed by atoms with Crippen LogP contribution in [0.1, 0.15) is 56.0 Å². The summed E-state index contributed by atoms with van der Waals surface area (Å²) in [5, 5.41) is 13.0. The smallest absolute Gasteiger partial charge is 0.392 e. The van der Waals surface area contributed by atoms with Crippen LogP contribution < -0.4 is 5.32 Å². The molecule has 0 saturated heterocycles. The molecule has 3 rings (SSSR count). The van der Waals surface area contributed by atoms with Gasteiger partial charge in [0, 0.05) is 18.5 Å². The van der Waals surface area contributed by atoms with Crippen LogP contribution in [0.15, 0.2) is 12.1 Å². The number of aliphatic hydroxyl groups is 1. The van der Waals surface area contributed by atoms with Crippen molar-refractivity contribution >= 4 is 11.0 Å². The number of aromatic nitrogens is 2. The molecule has 0 bridgehead atoms. The maximum absolute atomic E-state index is 13.4. The molecular weight excluding hydrogens is 319 g/mol. The minimum Gasteiger partial charge on any atom is -0.392 e. The molecule has 132 valence electrons. The summed E-state index contributed by atoms with van der Waals surface area (Å²) >= 11 is 0. The molecule has 24 heavy (non-hydrogen) atoms. The number of nitrogens with one attached hydrogen (secondary N) is 2. The Hall–Kier alpha value is -1.60. The molecule has 1 heterocycles. The molecule has 0 amide bonds. The first-order valence-corrected chi connectivity index (χ1v) is 8.27. The predicted molar refractivity (Wildman–Crippen MR) is 85.7 cm³/mol. The van der Waals surface area contributed by atoms with Crippen molar-refractivity contribution in [3.05, 3.63) is 29.1 Å². The molecule has 3 N–H and O–H groups in total. The number of hydrogen-bond donors (Lipinski definition) is 3. The highest BCUT2D eigenvalue weighted by atomic mass is 19.4. The van der Waals surface area contributed by atoms with Gasteiger partial charge in [0.2, 0.25) is 0 Å². The van der Waals surface area contributed by atoms with Crippen molar-refractivity contribution in [2.24, 2.45) is 0 Å². The predicted octanol–water partition coefficient (Wildman–Crippen LogP) is 3.71. The molecule has 2 atom stereocenters. The summed E-state index contributed by atoms with van der Waals surface area (Å²) in [5.41, 5.74) is 0.188. The van der Waals surface area contributed by atoms with E-state index in [4.69, 9.17) is 0 Å². The summed E-state index contributed by atoms with van der Waals surface area (Å²) in [4.78, 5) is 7.13. The average Bonchev–Trinajstić information content (AvgIpc) is 3.09. The van der Waals surface area contributed by atoms with Gasteiger partial charge in [-0.2, -0.15) is 13.2 Å². The van der Waals surface area contributed by atoms with E-state index < -0.39 is 17.8 Å². The zero-order chi connectivity index (χ0) is 17.5. The lowest BCUT2D eigenvalue weighted by Crippen LogP contribution is -2.35. The highest BCUT2D eigenvalue weighted by Crippen LogP contribution is 2.35. The third-order valence-corrected chi connectivity index (χ3v) is 4.56. The molecule has 0 radical (unpaired) electrons. The second kappa shape index (κ2) is 6.37. The van der Waals surface area contributed by atoms with Crippen LogP contribution in [0.25, 0.3) is 11.0 Å². The molecule has 0 unspecified atom stereocenters. The van der Waals surface area contributed by atoms with Crippen LogP contribution >= 0.6 is 0 Å². The monoisotopic (exact) mass is 341 g/mol. The normalized spacial score (nSPS) is 22.0. The fraction of sp³-hybridized carbons (Fsp3) is 0.588. The number of nitrogens with zero attached hydrogens (tertiary/aromatic N) is 1. The summed E-state index contributed by atoms with van der Waals surface area (Å²) in [7, 11) is 0. The number of rotatable bonds is 4. The molecule has 4 nitrogen and oxygen atoms in total. The summed E-state index contributed by atoms with van der Waals surface area (Å²) in [6.45, 7) is 4.06. The second-order valence-corrected chi connectivity index (χ2v) is 6.80. The molecule has 7 heteroatoms. The average molecular weight is 341 g/mol. The lowest BCUT2D eigenvalue weighted by atomic mass is 10.1. The van der Waals surface area contributed by atoms with E-state index in [9.17, 15) is 18.3 Å². The third-order valence-electron chi connectivity index (χ3n) is 4.56. The number of halogens is 3. The van der Waals surface area contributed by atoms with Gasteiger partial charge >= 0.3 is 6.18 Å². The number of aromatic amines is 1. The Balaban J connectivity index is 1.93. The maximum atomic E-state index is 13.4. The first-order chi connectivity index (χ1) is 11.3. The fourth-order valence-electron chi connectivity index (χ4n) is 3.22. The van der Waals surface area contributed by atoms with Crippen LogP contribution in [-0.4, -0.2) is 27.2 Å². The molecule has 1 aliphatic rings. The summed E-state index contributed by atoms with van der Waals surface area (Å²) in [6.07, 6.45) is -2.36. The standard InChI is InChI=1S/C17H22F3N3O/c1-9(2)16-22-13-7-10(8-21-12-4-3-5-14(12)24)6-11(15(13)23-16)17(18,19)20/h6-7,9,12,14,21,24H,3-5,8H2,1-2H3,(H,22,23)/t12-,14-/m0/s1. The van der Waals surface area contributed by atoms with E-state index in [-0.39, 0.29) is 24.0 Å². The number of alkyl halides is 3. The molecule has 1 aliphatic carbocycles. The van der Waals surface area contributed by atoms with Gasteiger partial charge in [-0.3, -0.25) is 0 Å². The van der Waals surface area contributed by atoms with Gasteiger partial charge in [0.1, 0.15) is 11.3 Å². The number of H-pyrrole nitrogens is 1. The minimum atomic E-state index is -4.45. The van der Waals surface area contributed by atoms with E-state index in [1.165, 1.54) is 0 Å². The van der Waals surface area contributed by atoms with Crippen LogP contribution in [0.5, 0.6) is 0 Å². The van der Waals surface area contributed by atoms with Gasteiger partial charge in [0.15, 0.2) is 0 Å². The van der Waals surface area contributed by atoms with Crippen LogP contribution in [0.3, 0.4) is 0 Å². The Labute approximate surface area is 138 Å². The number of aliphatic hydroxyl groups excluding tert-OH is 1. The quantitative estimate of drug-likeness (QED) is 0.794. The molecule has 2 aromatic rings. The molecule has 1 aromatic carbocycles. The van der Waals surface area contributed by atoms with Gasteiger partial charge in [-0.25, -0.2) is 4.98 Å². The molecule has 0 aliphatic heterocycles. The van der Waals surface area contributed by atoms with Crippen molar-refractivity contribution in [2.75, 3.05) is 0 Å². The Kier molecular flexibility index (Phi) is 4.57. The van der Waals surface area contributed by atoms with Gasteiger partial charge < -0.3 is 15.4 Å². The Morgan fingerprint density at radius 2 is 2.08 bits per heavy atom. The summed E-state index contributed by atoms with van der Waals surface area (Å²) < 4.78 is 40.2. The largest absolute Gasteiger partial charge is 0.418 e. The van der Waals surface area contributed by atoms with Crippen molar-refractivity contribution in [2.45, 2.75) is 63.9 Å². The Morgan fingerprint density at radius 3 is 2.67 bits per heavy atom. The van der Waals surface area contributed by atoms with Crippen molar-refractivity contribution in [1.82, 2.24) is 15.3 Å². The fourth-order valence-corrected chi connectivity index (χ4v) is 3.22. The highest BCUT2D eigenvalue weighted by molar-refractivity contribution is 5.80. The second-order valence-electron chi connectivity index (χ2n) is 6.80.